The van der Waals surface area contributed by atoms with Crippen molar-refractivity contribution in [2.45, 2.75) is 0 Å². The lowest BCUT2D eigenvalue weighted by Crippen LogP contribution is -2.17. The first kappa shape index (κ1) is 9.20. The van der Waals surface area contributed by atoms with Crippen LogP contribution in [0, 0.1) is 0 Å². The molecular weight excluding hydrogens is 194 g/mol. The quantitative estimate of drug-likeness (QED) is 0.319. The Balaban J connectivity index is 2.57. The molecule has 0 aliphatic carbocycles. The minimum atomic E-state index is 0.00796. The minimum absolute atomic E-state index is 0.00796. The first-order valence-electron chi connectivity index (χ1n) is 4.26. The molecule has 6 heteroatoms. The third-order valence-corrected chi connectivity index (χ3v) is 1.89. The van der Waals surface area contributed by atoms with Crippen molar-refractivity contribution in [3.05, 3.63) is 42.4 Å². The Morgan fingerprint density at radius 3 is 2.93 bits per heavy atom. The Bertz CT molecular complexity index is 477. The topological polar surface area (TPSA) is 89.3 Å². The molecule has 0 saturated heterocycles. The number of nitrogens with two attached hydrogens (primary N) is 1. The predicted molar refractivity (Wildman–Crippen MR) is 53.9 cm³/mol. The molecule has 2 rings (SSSR count). The van der Waals surface area contributed by atoms with Gasteiger partial charge in [0, 0.05) is 18.6 Å². The van der Waals surface area contributed by atoms with Crippen LogP contribution in [-0.2, 0) is 0 Å². The SMILES string of the molecule is N/C(=N\O)c1cccnc1-n1cccn1. The van der Waals surface area contributed by atoms with Crippen molar-refractivity contribution >= 4 is 5.84 Å². The molecule has 0 radical (unpaired) electrons. The normalized spacial score (nSPS) is 11.6. The molecule has 0 aromatic carbocycles. The van der Waals surface area contributed by atoms with Gasteiger partial charge in [-0.05, 0) is 18.2 Å². The lowest BCUT2D eigenvalue weighted by molar-refractivity contribution is 0.318. The van der Waals surface area contributed by atoms with E-state index in [1.54, 1.807) is 41.5 Å². The van der Waals surface area contributed by atoms with Crippen LogP contribution < -0.4 is 5.73 Å². The van der Waals surface area contributed by atoms with Gasteiger partial charge in [-0.3, -0.25) is 0 Å². The largest absolute Gasteiger partial charge is 0.409 e. The highest BCUT2D eigenvalue weighted by Gasteiger charge is 2.09. The summed E-state index contributed by atoms with van der Waals surface area (Å²) in [5.41, 5.74) is 6.05. The van der Waals surface area contributed by atoms with Crippen molar-refractivity contribution in [2.75, 3.05) is 0 Å². The van der Waals surface area contributed by atoms with Crippen LogP contribution in [0.15, 0.2) is 41.9 Å². The van der Waals surface area contributed by atoms with E-state index in [1.807, 2.05) is 0 Å². The molecule has 2 heterocycles. The second-order valence-electron chi connectivity index (χ2n) is 2.81. The van der Waals surface area contributed by atoms with E-state index in [9.17, 15) is 0 Å². The highest BCUT2D eigenvalue weighted by atomic mass is 16.4. The number of amidine groups is 1. The second kappa shape index (κ2) is 3.79. The monoisotopic (exact) mass is 203 g/mol. The predicted octanol–water partition coefficient (Wildman–Crippen LogP) is 0.362. The fourth-order valence-corrected chi connectivity index (χ4v) is 1.23. The summed E-state index contributed by atoms with van der Waals surface area (Å²) in [6.07, 6.45) is 4.98. The van der Waals surface area contributed by atoms with Crippen LogP contribution in [0.1, 0.15) is 5.56 Å². The molecule has 0 bridgehead atoms. The van der Waals surface area contributed by atoms with E-state index in [2.05, 4.69) is 15.2 Å². The van der Waals surface area contributed by atoms with Crippen LogP contribution in [0.5, 0.6) is 0 Å². The second-order valence-corrected chi connectivity index (χ2v) is 2.81. The molecule has 0 atom stereocenters. The molecule has 0 spiro atoms. The molecule has 2 aromatic heterocycles. The number of nitrogens with zero attached hydrogens (tertiary/aromatic N) is 4. The third-order valence-electron chi connectivity index (χ3n) is 1.89. The van der Waals surface area contributed by atoms with Gasteiger partial charge in [-0.2, -0.15) is 5.10 Å². The number of hydrogen-bond acceptors (Lipinski definition) is 4. The summed E-state index contributed by atoms with van der Waals surface area (Å²) in [4.78, 5) is 4.12. The molecule has 0 aliphatic heterocycles. The summed E-state index contributed by atoms with van der Waals surface area (Å²) in [7, 11) is 0. The highest BCUT2D eigenvalue weighted by Crippen LogP contribution is 2.09. The van der Waals surface area contributed by atoms with Gasteiger partial charge in [-0.25, -0.2) is 9.67 Å². The molecule has 3 N–H and O–H groups in total. The Kier molecular flexibility index (Phi) is 2.32. The number of hydrogen-bond donors (Lipinski definition) is 2. The van der Waals surface area contributed by atoms with Gasteiger partial charge in [0.15, 0.2) is 11.7 Å². The lowest BCUT2D eigenvalue weighted by Gasteiger charge is -2.05. The van der Waals surface area contributed by atoms with Gasteiger partial charge in [0.1, 0.15) is 0 Å². The summed E-state index contributed by atoms with van der Waals surface area (Å²) in [5, 5.41) is 15.6. The maximum absolute atomic E-state index is 8.62. The number of rotatable bonds is 2. The van der Waals surface area contributed by atoms with Crippen LogP contribution in [0.25, 0.3) is 5.82 Å². The Hall–Kier alpha value is -2.37. The van der Waals surface area contributed by atoms with Gasteiger partial charge in [0.05, 0.1) is 5.56 Å². The van der Waals surface area contributed by atoms with Crippen molar-refractivity contribution in [1.82, 2.24) is 14.8 Å². The average Bonchev–Trinajstić information content (AvgIpc) is 2.81. The maximum Gasteiger partial charge on any atom is 0.173 e. The van der Waals surface area contributed by atoms with Gasteiger partial charge >= 0.3 is 0 Å². The molecule has 15 heavy (non-hydrogen) atoms. The molecule has 0 amide bonds. The van der Waals surface area contributed by atoms with Crippen LogP contribution in [0.4, 0.5) is 0 Å². The number of aromatic nitrogens is 3. The van der Waals surface area contributed by atoms with E-state index in [-0.39, 0.29) is 5.84 Å². The smallest absolute Gasteiger partial charge is 0.173 e. The lowest BCUT2D eigenvalue weighted by atomic mass is 10.2. The van der Waals surface area contributed by atoms with Gasteiger partial charge in [-0.1, -0.05) is 5.16 Å². The summed E-state index contributed by atoms with van der Waals surface area (Å²) in [5.74, 6) is 0.534. The number of oxime groups is 1. The minimum Gasteiger partial charge on any atom is -0.409 e. The van der Waals surface area contributed by atoms with Gasteiger partial charge < -0.3 is 10.9 Å². The van der Waals surface area contributed by atoms with Gasteiger partial charge in [-0.15, -0.1) is 0 Å². The zero-order valence-electron chi connectivity index (χ0n) is 7.78. The zero-order chi connectivity index (χ0) is 10.7. The summed E-state index contributed by atoms with van der Waals surface area (Å²) >= 11 is 0. The highest BCUT2D eigenvalue weighted by molar-refractivity contribution is 5.99. The van der Waals surface area contributed by atoms with Crippen molar-refractivity contribution < 1.29 is 5.21 Å². The van der Waals surface area contributed by atoms with E-state index in [0.29, 0.717) is 11.4 Å². The molecular formula is C9H9N5O. The maximum atomic E-state index is 8.62. The fraction of sp³-hybridized carbons (Fsp3) is 0. The third kappa shape index (κ3) is 1.64. The first-order chi connectivity index (χ1) is 7.33. The van der Waals surface area contributed by atoms with Crippen molar-refractivity contribution in [2.24, 2.45) is 10.9 Å². The fourth-order valence-electron chi connectivity index (χ4n) is 1.23. The molecule has 6 nitrogen and oxygen atoms in total. The van der Waals surface area contributed by atoms with Crippen LogP contribution in [0.3, 0.4) is 0 Å². The number of pyridine rings is 1. The molecule has 0 aliphatic rings. The molecule has 0 saturated carbocycles. The van der Waals surface area contributed by atoms with Crippen LogP contribution >= 0.6 is 0 Å². The van der Waals surface area contributed by atoms with E-state index in [1.165, 1.54) is 0 Å². The van der Waals surface area contributed by atoms with Crippen LogP contribution in [-0.4, -0.2) is 25.8 Å². The van der Waals surface area contributed by atoms with Crippen molar-refractivity contribution in [3.8, 4) is 5.82 Å². The first-order valence-corrected chi connectivity index (χ1v) is 4.26. The Morgan fingerprint density at radius 2 is 2.27 bits per heavy atom. The van der Waals surface area contributed by atoms with Crippen molar-refractivity contribution in [3.63, 3.8) is 0 Å². The van der Waals surface area contributed by atoms with E-state index in [0.717, 1.165) is 0 Å². The van der Waals surface area contributed by atoms with Gasteiger partial charge in [0.25, 0.3) is 0 Å². The standard InChI is InChI=1S/C9H9N5O/c10-8(13-15)7-3-1-4-11-9(7)14-6-2-5-12-14/h1-6,15H,(H2,10,13). The summed E-state index contributed by atoms with van der Waals surface area (Å²) in [6.45, 7) is 0. The molecule has 0 unspecified atom stereocenters. The summed E-state index contributed by atoms with van der Waals surface area (Å²) in [6, 6.07) is 5.18. The molecule has 76 valence electrons. The zero-order valence-corrected chi connectivity index (χ0v) is 7.78. The van der Waals surface area contributed by atoms with E-state index >= 15 is 0 Å². The van der Waals surface area contributed by atoms with Crippen LogP contribution in [0.2, 0.25) is 0 Å². The Morgan fingerprint density at radius 1 is 1.40 bits per heavy atom. The van der Waals surface area contributed by atoms with Gasteiger partial charge in [0.2, 0.25) is 0 Å². The average molecular weight is 203 g/mol. The van der Waals surface area contributed by atoms with Crippen molar-refractivity contribution in [1.29, 1.82) is 0 Å². The Labute approximate surface area is 85.7 Å². The molecule has 2 aromatic rings. The molecule has 0 fully saturated rings. The van der Waals surface area contributed by atoms with E-state index in [4.69, 9.17) is 10.9 Å². The summed E-state index contributed by atoms with van der Waals surface area (Å²) < 4.78 is 1.55. The van der Waals surface area contributed by atoms with E-state index < -0.39 is 0 Å².